The fraction of sp³-hybridized carbons (Fsp3) is 0.133. The van der Waals surface area contributed by atoms with Crippen molar-refractivity contribution >= 4 is 29.2 Å². The first kappa shape index (κ1) is 31.5. The van der Waals surface area contributed by atoms with Gasteiger partial charge < -0.3 is 0 Å². The van der Waals surface area contributed by atoms with Crippen molar-refractivity contribution < 1.29 is 0 Å². The monoisotopic (exact) mass is 610 g/mol. The molecule has 0 atom stereocenters. The molecule has 6 aromatic carbocycles. The Hall–Kier alpha value is -5.47. The van der Waals surface area contributed by atoms with E-state index >= 15 is 0 Å². The highest BCUT2D eigenvalue weighted by Gasteiger charge is 2.11. The molecule has 2 heteroatoms. The molecular weight excluding hydrogens is 569 g/mol. The van der Waals surface area contributed by atoms with Crippen molar-refractivity contribution in [2.24, 2.45) is 5.10 Å². The van der Waals surface area contributed by atoms with Gasteiger partial charge in [-0.2, -0.15) is 5.10 Å². The molecule has 0 aliphatic rings. The van der Waals surface area contributed by atoms with Crippen LogP contribution in [0, 0.1) is 0 Å². The van der Waals surface area contributed by atoms with Gasteiger partial charge in [-0.25, -0.2) is 5.01 Å². The minimum atomic E-state index is 0.474. The van der Waals surface area contributed by atoms with Gasteiger partial charge in [-0.15, -0.1) is 0 Å². The number of hydrogen-bond donors (Lipinski definition) is 0. The lowest BCUT2D eigenvalue weighted by Gasteiger charge is -2.19. The lowest BCUT2D eigenvalue weighted by Crippen LogP contribution is -2.09. The summed E-state index contributed by atoms with van der Waals surface area (Å²) in [4.78, 5) is 0. The van der Waals surface area contributed by atoms with Gasteiger partial charge >= 0.3 is 0 Å². The van der Waals surface area contributed by atoms with Gasteiger partial charge in [-0.1, -0.05) is 161 Å². The Morgan fingerprint density at radius 1 is 0.489 bits per heavy atom. The van der Waals surface area contributed by atoms with Gasteiger partial charge in [0.15, 0.2) is 0 Å². The minimum absolute atomic E-state index is 0.474. The van der Waals surface area contributed by atoms with Gasteiger partial charge in [-0.3, -0.25) is 0 Å². The zero-order valence-electron chi connectivity index (χ0n) is 27.7. The normalized spacial score (nSPS) is 11.3. The lowest BCUT2D eigenvalue weighted by atomic mass is 9.90. The van der Waals surface area contributed by atoms with E-state index in [0.29, 0.717) is 11.8 Å². The topological polar surface area (TPSA) is 15.6 Å². The number of hydrogen-bond acceptors (Lipinski definition) is 2. The fourth-order valence-electron chi connectivity index (χ4n) is 5.71. The summed E-state index contributed by atoms with van der Waals surface area (Å²) in [6.07, 6.45) is 4.25. The number of anilines is 2. The molecule has 0 amide bonds. The predicted octanol–water partition coefficient (Wildman–Crippen LogP) is 12.4. The molecular formula is C45H42N2. The first-order valence-corrected chi connectivity index (χ1v) is 16.5. The number of benzene rings is 6. The van der Waals surface area contributed by atoms with Crippen molar-refractivity contribution in [3.05, 3.63) is 191 Å². The molecule has 0 saturated heterocycles. The quantitative estimate of drug-likeness (QED) is 0.0856. The molecule has 0 saturated carbocycles. The van der Waals surface area contributed by atoms with Crippen LogP contribution in [0.2, 0.25) is 0 Å². The van der Waals surface area contributed by atoms with Crippen molar-refractivity contribution in [2.75, 3.05) is 5.01 Å². The Kier molecular flexibility index (Phi) is 9.89. The van der Waals surface area contributed by atoms with E-state index < -0.39 is 0 Å². The third-order valence-corrected chi connectivity index (χ3v) is 8.52. The maximum absolute atomic E-state index is 4.86. The number of para-hydroxylation sites is 2. The van der Waals surface area contributed by atoms with Crippen LogP contribution in [0.25, 0.3) is 22.8 Å². The molecule has 0 heterocycles. The smallest absolute Gasteiger partial charge is 0.0652 e. The highest BCUT2D eigenvalue weighted by molar-refractivity contribution is 5.92. The third kappa shape index (κ3) is 7.85. The van der Waals surface area contributed by atoms with Crippen LogP contribution >= 0.6 is 0 Å². The zero-order chi connectivity index (χ0) is 32.6. The predicted molar refractivity (Wildman–Crippen MR) is 203 cm³/mol. The minimum Gasteiger partial charge on any atom is -0.234 e. The van der Waals surface area contributed by atoms with Crippen molar-refractivity contribution in [1.82, 2.24) is 0 Å². The van der Waals surface area contributed by atoms with Crippen LogP contribution in [-0.2, 0) is 0 Å². The van der Waals surface area contributed by atoms with Gasteiger partial charge in [0.1, 0.15) is 0 Å². The average Bonchev–Trinajstić information content (AvgIpc) is 3.12. The second kappa shape index (κ2) is 14.7. The molecule has 47 heavy (non-hydrogen) atoms. The Labute approximate surface area is 280 Å². The second-order valence-electron chi connectivity index (χ2n) is 12.6. The van der Waals surface area contributed by atoms with Crippen molar-refractivity contribution in [3.63, 3.8) is 0 Å². The summed E-state index contributed by atoms with van der Waals surface area (Å²) in [5.41, 5.74) is 13.1. The van der Waals surface area contributed by atoms with Crippen molar-refractivity contribution in [1.29, 1.82) is 0 Å². The SMILES string of the molecule is CC(C)c1cccc(C(=Cc2ccc(-c3ccc(C=NN(c4ccccc4)c4ccccc4)cc3)cc2)c2cccc(C(C)C)c2)c1. The van der Waals surface area contributed by atoms with E-state index in [4.69, 9.17) is 5.10 Å². The summed E-state index contributed by atoms with van der Waals surface area (Å²) in [5.74, 6) is 0.948. The van der Waals surface area contributed by atoms with Crippen LogP contribution in [0.5, 0.6) is 0 Å². The van der Waals surface area contributed by atoms with Crippen molar-refractivity contribution in [2.45, 2.75) is 39.5 Å². The van der Waals surface area contributed by atoms with Crippen LogP contribution in [0.1, 0.15) is 72.9 Å². The molecule has 6 rings (SSSR count). The molecule has 0 radical (unpaired) electrons. The summed E-state index contributed by atoms with van der Waals surface area (Å²) >= 11 is 0. The van der Waals surface area contributed by atoms with E-state index in [9.17, 15) is 0 Å². The molecule has 0 unspecified atom stereocenters. The molecule has 0 N–H and O–H groups in total. The van der Waals surface area contributed by atoms with Crippen LogP contribution in [0.15, 0.2) is 163 Å². The summed E-state index contributed by atoms with van der Waals surface area (Å²) in [7, 11) is 0. The highest BCUT2D eigenvalue weighted by atomic mass is 15.5. The van der Waals surface area contributed by atoms with E-state index in [2.05, 4.69) is 155 Å². The molecule has 0 aliphatic heterocycles. The molecule has 2 nitrogen and oxygen atoms in total. The molecule has 0 aliphatic carbocycles. The van der Waals surface area contributed by atoms with E-state index in [0.717, 1.165) is 16.9 Å². The first-order chi connectivity index (χ1) is 22.9. The molecule has 0 fully saturated rings. The van der Waals surface area contributed by atoms with Gasteiger partial charge in [0.2, 0.25) is 0 Å². The number of nitrogens with zero attached hydrogens (tertiary/aromatic N) is 2. The van der Waals surface area contributed by atoms with Gasteiger partial charge in [0, 0.05) is 0 Å². The van der Waals surface area contributed by atoms with Gasteiger partial charge in [0.05, 0.1) is 17.6 Å². The molecule has 0 aromatic heterocycles. The lowest BCUT2D eigenvalue weighted by molar-refractivity contribution is 0.865. The van der Waals surface area contributed by atoms with E-state index in [1.54, 1.807) is 0 Å². The summed E-state index contributed by atoms with van der Waals surface area (Å²) in [6.45, 7) is 9.02. The molecule has 0 bridgehead atoms. The maximum Gasteiger partial charge on any atom is 0.0652 e. The van der Waals surface area contributed by atoms with Crippen LogP contribution in [0.3, 0.4) is 0 Å². The Bertz CT molecular complexity index is 1860. The Balaban J connectivity index is 1.26. The average molecular weight is 611 g/mol. The number of hydrazone groups is 1. The third-order valence-electron chi connectivity index (χ3n) is 8.52. The van der Waals surface area contributed by atoms with Crippen LogP contribution < -0.4 is 5.01 Å². The summed E-state index contributed by atoms with van der Waals surface area (Å²) < 4.78 is 0. The molecule has 232 valence electrons. The Morgan fingerprint density at radius 2 is 0.936 bits per heavy atom. The van der Waals surface area contributed by atoms with E-state index in [1.165, 1.54) is 44.5 Å². The fourth-order valence-corrected chi connectivity index (χ4v) is 5.71. The van der Waals surface area contributed by atoms with Gasteiger partial charge in [-0.05, 0) is 92.3 Å². The summed E-state index contributed by atoms with van der Waals surface area (Å²) in [5, 5.41) is 6.82. The number of rotatable bonds is 10. The highest BCUT2D eigenvalue weighted by Crippen LogP contribution is 2.31. The van der Waals surface area contributed by atoms with Crippen LogP contribution in [0.4, 0.5) is 11.4 Å². The summed E-state index contributed by atoms with van der Waals surface area (Å²) in [6, 6.07) is 55.9. The molecule has 0 spiro atoms. The second-order valence-corrected chi connectivity index (χ2v) is 12.6. The van der Waals surface area contributed by atoms with E-state index in [1.807, 2.05) is 47.6 Å². The molecule has 6 aromatic rings. The standard InChI is InChI=1S/C45H42N2/c1-33(2)39-13-11-15-41(30-39)45(42-16-12-14-40(31-42)34(3)4)29-35-21-25-37(26-22-35)38-27-23-36(24-28-38)32-46-47(43-17-7-5-8-18-43)44-19-9-6-10-20-44/h5-34H,1-4H3. The van der Waals surface area contributed by atoms with Crippen LogP contribution in [-0.4, -0.2) is 6.21 Å². The first-order valence-electron chi connectivity index (χ1n) is 16.5. The van der Waals surface area contributed by atoms with Crippen molar-refractivity contribution in [3.8, 4) is 11.1 Å². The van der Waals surface area contributed by atoms with E-state index in [-0.39, 0.29) is 0 Å². The van der Waals surface area contributed by atoms with Gasteiger partial charge in [0.25, 0.3) is 0 Å². The zero-order valence-corrected chi connectivity index (χ0v) is 27.7. The largest absolute Gasteiger partial charge is 0.234 e. The Morgan fingerprint density at radius 3 is 1.38 bits per heavy atom. The maximum atomic E-state index is 4.86.